The third kappa shape index (κ3) is 2.26. The van der Waals surface area contributed by atoms with Gasteiger partial charge in [-0.25, -0.2) is 0 Å². The van der Waals surface area contributed by atoms with Crippen LogP contribution in [-0.2, 0) is 0 Å². The average Bonchev–Trinajstić information content (AvgIpc) is 2.49. The van der Waals surface area contributed by atoms with E-state index in [1.807, 2.05) is 25.2 Å². The van der Waals surface area contributed by atoms with E-state index in [4.69, 9.17) is 4.98 Å². The first-order valence-corrected chi connectivity index (χ1v) is 6.59. The van der Waals surface area contributed by atoms with Crippen LogP contribution >= 0.6 is 0 Å². The van der Waals surface area contributed by atoms with Crippen molar-refractivity contribution in [1.82, 2.24) is 20.3 Å². The van der Waals surface area contributed by atoms with E-state index >= 15 is 0 Å². The minimum atomic E-state index is -0.0491. The maximum atomic E-state index is 4.75. The number of benzene rings is 1. The zero-order valence-corrected chi connectivity index (χ0v) is 11.5. The minimum Gasteiger partial charge on any atom is -0.307 e. The molecule has 3 aromatic rings. The van der Waals surface area contributed by atoms with Crippen molar-refractivity contribution in [3.63, 3.8) is 0 Å². The van der Waals surface area contributed by atoms with Crippen LogP contribution in [0.25, 0.3) is 10.9 Å². The van der Waals surface area contributed by atoms with Gasteiger partial charge >= 0.3 is 0 Å². The van der Waals surface area contributed by atoms with E-state index in [2.05, 4.69) is 34.3 Å². The predicted molar refractivity (Wildman–Crippen MR) is 79.4 cm³/mol. The largest absolute Gasteiger partial charge is 0.307 e. The van der Waals surface area contributed by atoms with Crippen LogP contribution in [0.1, 0.15) is 23.0 Å². The van der Waals surface area contributed by atoms with Crippen LogP contribution in [0.2, 0.25) is 0 Å². The zero-order valence-electron chi connectivity index (χ0n) is 11.5. The molecule has 0 aliphatic heterocycles. The molecule has 100 valence electrons. The lowest BCUT2D eigenvalue weighted by Crippen LogP contribution is -2.20. The van der Waals surface area contributed by atoms with E-state index in [0.717, 1.165) is 16.9 Å². The molecule has 0 fully saturated rings. The Bertz CT molecular complexity index is 725. The van der Waals surface area contributed by atoms with Crippen molar-refractivity contribution in [2.45, 2.75) is 13.0 Å². The molecular weight excluding hydrogens is 248 g/mol. The Hall–Kier alpha value is -2.33. The van der Waals surface area contributed by atoms with Crippen LogP contribution in [0.15, 0.2) is 48.9 Å². The van der Waals surface area contributed by atoms with Gasteiger partial charge in [-0.3, -0.25) is 15.0 Å². The minimum absolute atomic E-state index is 0.0491. The molecule has 1 atom stereocenters. The molecule has 1 unspecified atom stereocenters. The Morgan fingerprint density at radius 2 is 1.95 bits per heavy atom. The number of para-hydroxylation sites is 1. The molecule has 0 saturated carbocycles. The van der Waals surface area contributed by atoms with Gasteiger partial charge in [-0.1, -0.05) is 18.2 Å². The van der Waals surface area contributed by atoms with Crippen molar-refractivity contribution >= 4 is 10.9 Å². The highest BCUT2D eigenvalue weighted by Gasteiger charge is 2.16. The lowest BCUT2D eigenvalue weighted by atomic mass is 10.0. The smallest absolute Gasteiger partial charge is 0.0938 e. The molecule has 20 heavy (non-hydrogen) atoms. The van der Waals surface area contributed by atoms with Gasteiger partial charge in [0.1, 0.15) is 0 Å². The summed E-state index contributed by atoms with van der Waals surface area (Å²) in [6, 6.07) is 10.2. The molecule has 0 saturated heterocycles. The summed E-state index contributed by atoms with van der Waals surface area (Å²) in [5.41, 5.74) is 4.06. The molecule has 0 aliphatic rings. The van der Waals surface area contributed by atoms with E-state index in [-0.39, 0.29) is 6.04 Å². The van der Waals surface area contributed by atoms with E-state index in [1.54, 1.807) is 18.6 Å². The summed E-state index contributed by atoms with van der Waals surface area (Å²) in [4.78, 5) is 13.3. The molecule has 2 aromatic heterocycles. The fourth-order valence-electron chi connectivity index (χ4n) is 2.43. The molecule has 2 heterocycles. The Kier molecular flexibility index (Phi) is 3.39. The summed E-state index contributed by atoms with van der Waals surface area (Å²) in [6.07, 6.45) is 5.15. The van der Waals surface area contributed by atoms with Crippen LogP contribution in [0.3, 0.4) is 0 Å². The van der Waals surface area contributed by atoms with Crippen molar-refractivity contribution in [2.24, 2.45) is 0 Å². The maximum absolute atomic E-state index is 4.75. The molecule has 3 rings (SSSR count). The second kappa shape index (κ2) is 5.35. The second-order valence-electron chi connectivity index (χ2n) is 4.73. The summed E-state index contributed by atoms with van der Waals surface area (Å²) < 4.78 is 0. The molecular formula is C16H16N4. The first kappa shape index (κ1) is 12.7. The second-order valence-corrected chi connectivity index (χ2v) is 4.73. The number of nitrogens with zero attached hydrogens (tertiary/aromatic N) is 3. The normalized spacial score (nSPS) is 12.5. The predicted octanol–water partition coefficient (Wildman–Crippen LogP) is 2.64. The van der Waals surface area contributed by atoms with Gasteiger partial charge < -0.3 is 5.32 Å². The van der Waals surface area contributed by atoms with Gasteiger partial charge in [0.25, 0.3) is 0 Å². The monoisotopic (exact) mass is 264 g/mol. The van der Waals surface area contributed by atoms with E-state index in [9.17, 15) is 0 Å². The molecule has 4 nitrogen and oxygen atoms in total. The van der Waals surface area contributed by atoms with Crippen LogP contribution in [-0.4, -0.2) is 22.0 Å². The van der Waals surface area contributed by atoms with Crippen LogP contribution in [0, 0.1) is 6.92 Å². The van der Waals surface area contributed by atoms with Crippen LogP contribution in [0.5, 0.6) is 0 Å². The third-order valence-corrected chi connectivity index (χ3v) is 3.41. The SMILES string of the molecule is CNC(c1cnccn1)c1cc(C)c2ccccc2n1. The fraction of sp³-hybridized carbons (Fsp3) is 0.188. The lowest BCUT2D eigenvalue weighted by molar-refractivity contribution is 0.650. The highest BCUT2D eigenvalue weighted by atomic mass is 15.0. The Morgan fingerprint density at radius 3 is 2.70 bits per heavy atom. The molecule has 0 spiro atoms. The van der Waals surface area contributed by atoms with Gasteiger partial charge in [0.2, 0.25) is 0 Å². The number of pyridine rings is 1. The molecule has 0 bridgehead atoms. The quantitative estimate of drug-likeness (QED) is 0.790. The summed E-state index contributed by atoms with van der Waals surface area (Å²) in [6.45, 7) is 2.11. The number of aromatic nitrogens is 3. The van der Waals surface area contributed by atoms with Gasteiger partial charge in [0, 0.05) is 17.8 Å². The summed E-state index contributed by atoms with van der Waals surface area (Å²) in [7, 11) is 1.91. The molecule has 1 aromatic carbocycles. The van der Waals surface area contributed by atoms with Crippen molar-refractivity contribution in [2.75, 3.05) is 7.05 Å². The molecule has 4 heteroatoms. The van der Waals surface area contributed by atoms with E-state index in [1.165, 1.54) is 10.9 Å². The third-order valence-electron chi connectivity index (χ3n) is 3.41. The molecule has 0 aliphatic carbocycles. The summed E-state index contributed by atoms with van der Waals surface area (Å²) in [5, 5.41) is 4.45. The zero-order chi connectivity index (χ0) is 13.9. The molecule has 0 radical (unpaired) electrons. The number of nitrogens with one attached hydrogen (secondary N) is 1. The Balaban J connectivity index is 2.13. The van der Waals surface area contributed by atoms with Crippen LogP contribution in [0.4, 0.5) is 0 Å². The summed E-state index contributed by atoms with van der Waals surface area (Å²) in [5.74, 6) is 0. The number of hydrogen-bond donors (Lipinski definition) is 1. The molecule has 0 amide bonds. The highest BCUT2D eigenvalue weighted by Crippen LogP contribution is 2.23. The maximum Gasteiger partial charge on any atom is 0.0938 e. The first-order chi connectivity index (χ1) is 9.79. The van der Waals surface area contributed by atoms with Crippen molar-refractivity contribution in [3.05, 3.63) is 65.9 Å². The van der Waals surface area contributed by atoms with E-state index < -0.39 is 0 Å². The number of aryl methyl sites for hydroxylation is 1. The van der Waals surface area contributed by atoms with Crippen molar-refractivity contribution in [3.8, 4) is 0 Å². The number of hydrogen-bond acceptors (Lipinski definition) is 4. The van der Waals surface area contributed by atoms with Gasteiger partial charge in [0.15, 0.2) is 0 Å². The first-order valence-electron chi connectivity index (χ1n) is 6.59. The van der Waals surface area contributed by atoms with Gasteiger partial charge in [-0.2, -0.15) is 0 Å². The van der Waals surface area contributed by atoms with Crippen molar-refractivity contribution < 1.29 is 0 Å². The summed E-state index contributed by atoms with van der Waals surface area (Å²) >= 11 is 0. The van der Waals surface area contributed by atoms with E-state index in [0.29, 0.717) is 0 Å². The van der Waals surface area contributed by atoms with Gasteiger partial charge in [-0.15, -0.1) is 0 Å². The topological polar surface area (TPSA) is 50.7 Å². The standard InChI is InChI=1S/C16H16N4/c1-11-9-14(20-13-6-4-3-5-12(11)13)16(17-2)15-10-18-7-8-19-15/h3-10,16-17H,1-2H3. The molecule has 1 N–H and O–H groups in total. The van der Waals surface area contributed by atoms with Crippen molar-refractivity contribution in [1.29, 1.82) is 0 Å². The van der Waals surface area contributed by atoms with Gasteiger partial charge in [-0.05, 0) is 31.7 Å². The highest BCUT2D eigenvalue weighted by molar-refractivity contribution is 5.82. The number of fused-ring (bicyclic) bond motifs is 1. The Morgan fingerprint density at radius 1 is 1.10 bits per heavy atom. The average molecular weight is 264 g/mol. The fourth-order valence-corrected chi connectivity index (χ4v) is 2.43. The number of rotatable bonds is 3. The van der Waals surface area contributed by atoms with Gasteiger partial charge in [0.05, 0.1) is 29.1 Å². The van der Waals surface area contributed by atoms with Crippen LogP contribution < -0.4 is 5.32 Å². The Labute approximate surface area is 117 Å². The lowest BCUT2D eigenvalue weighted by Gasteiger charge is -2.16.